The molecular formula is C6H15ClN2O. The lowest BCUT2D eigenvalue weighted by atomic mass is 10.1. The average Bonchev–Trinajstić information content (AvgIpc) is 1.90. The summed E-state index contributed by atoms with van der Waals surface area (Å²) in [6.45, 7) is 1.94. The molecule has 1 rings (SSSR count). The van der Waals surface area contributed by atoms with Crippen molar-refractivity contribution in [2.75, 3.05) is 20.2 Å². The van der Waals surface area contributed by atoms with E-state index in [0.29, 0.717) is 6.10 Å². The molecule has 4 heteroatoms. The summed E-state index contributed by atoms with van der Waals surface area (Å²) in [5.74, 6) is 5.53. The Morgan fingerprint density at radius 3 is 2.30 bits per heavy atom. The molecule has 0 aromatic heterocycles. The quantitative estimate of drug-likeness (QED) is 0.573. The molecular weight excluding hydrogens is 152 g/mol. The normalized spacial score (nSPS) is 22.2. The number of methoxy groups -OCH3 is 1. The number of hydrogen-bond donors (Lipinski definition) is 1. The van der Waals surface area contributed by atoms with Crippen LogP contribution in [0.3, 0.4) is 0 Å². The fourth-order valence-electron chi connectivity index (χ4n) is 1.11. The number of nitrogens with two attached hydrogens (primary N) is 1. The highest BCUT2D eigenvalue weighted by Gasteiger charge is 2.15. The predicted molar refractivity (Wildman–Crippen MR) is 43.0 cm³/mol. The average molecular weight is 167 g/mol. The summed E-state index contributed by atoms with van der Waals surface area (Å²) in [6, 6.07) is 0. The molecule has 0 aromatic rings. The largest absolute Gasteiger partial charge is 0.381 e. The van der Waals surface area contributed by atoms with Crippen LogP contribution in [0.4, 0.5) is 0 Å². The van der Waals surface area contributed by atoms with E-state index in [-0.39, 0.29) is 12.4 Å². The van der Waals surface area contributed by atoms with E-state index in [2.05, 4.69) is 0 Å². The Balaban J connectivity index is 0.000000810. The first-order valence-corrected chi connectivity index (χ1v) is 3.35. The molecule has 0 bridgehead atoms. The Morgan fingerprint density at radius 2 is 1.90 bits per heavy atom. The number of rotatable bonds is 1. The van der Waals surface area contributed by atoms with Crippen LogP contribution < -0.4 is 5.84 Å². The molecule has 1 aliphatic heterocycles. The van der Waals surface area contributed by atoms with E-state index in [1.165, 1.54) is 0 Å². The van der Waals surface area contributed by atoms with Crippen molar-refractivity contribution in [1.82, 2.24) is 5.01 Å². The van der Waals surface area contributed by atoms with E-state index in [1.807, 2.05) is 5.01 Å². The Hall–Kier alpha value is 0.170. The van der Waals surface area contributed by atoms with Gasteiger partial charge in [0.1, 0.15) is 0 Å². The zero-order chi connectivity index (χ0) is 6.69. The minimum absolute atomic E-state index is 0. The summed E-state index contributed by atoms with van der Waals surface area (Å²) in [5, 5.41) is 1.84. The molecule has 1 saturated heterocycles. The third-order valence-corrected chi connectivity index (χ3v) is 1.81. The topological polar surface area (TPSA) is 38.5 Å². The second-order valence-electron chi connectivity index (χ2n) is 2.47. The maximum absolute atomic E-state index is 5.53. The zero-order valence-corrected chi connectivity index (χ0v) is 7.06. The summed E-state index contributed by atoms with van der Waals surface area (Å²) in [4.78, 5) is 0. The molecule has 62 valence electrons. The van der Waals surface area contributed by atoms with Crippen molar-refractivity contribution in [3.63, 3.8) is 0 Å². The van der Waals surface area contributed by atoms with Crippen LogP contribution >= 0.6 is 12.4 Å². The van der Waals surface area contributed by atoms with Gasteiger partial charge in [-0.1, -0.05) is 0 Å². The SMILES string of the molecule is COC1CCN(N)CC1.Cl. The predicted octanol–water partition coefficient (Wildman–Crippen LogP) is 0.393. The molecule has 1 aliphatic rings. The van der Waals surface area contributed by atoms with Gasteiger partial charge in [0.05, 0.1) is 6.10 Å². The lowest BCUT2D eigenvalue weighted by Gasteiger charge is -2.27. The third-order valence-electron chi connectivity index (χ3n) is 1.81. The lowest BCUT2D eigenvalue weighted by Crippen LogP contribution is -2.41. The van der Waals surface area contributed by atoms with Crippen LogP contribution in [0.5, 0.6) is 0 Å². The third kappa shape index (κ3) is 2.84. The number of halogens is 1. The molecule has 0 atom stereocenters. The van der Waals surface area contributed by atoms with Crippen molar-refractivity contribution < 1.29 is 4.74 Å². The Kier molecular flexibility index (Phi) is 4.99. The van der Waals surface area contributed by atoms with Gasteiger partial charge < -0.3 is 4.74 Å². The van der Waals surface area contributed by atoms with Crippen molar-refractivity contribution in [2.45, 2.75) is 18.9 Å². The Bertz CT molecular complexity index is 83.8. The van der Waals surface area contributed by atoms with Crippen molar-refractivity contribution in [2.24, 2.45) is 5.84 Å². The van der Waals surface area contributed by atoms with Crippen molar-refractivity contribution in [1.29, 1.82) is 0 Å². The molecule has 0 unspecified atom stereocenters. The maximum Gasteiger partial charge on any atom is 0.0596 e. The van der Waals surface area contributed by atoms with E-state index in [9.17, 15) is 0 Å². The van der Waals surface area contributed by atoms with Gasteiger partial charge in [0.25, 0.3) is 0 Å². The fraction of sp³-hybridized carbons (Fsp3) is 1.00. The molecule has 0 aliphatic carbocycles. The van der Waals surface area contributed by atoms with Gasteiger partial charge in [-0.05, 0) is 12.8 Å². The molecule has 0 amide bonds. The highest BCUT2D eigenvalue weighted by atomic mass is 35.5. The van der Waals surface area contributed by atoms with E-state index in [1.54, 1.807) is 7.11 Å². The maximum atomic E-state index is 5.53. The summed E-state index contributed by atoms with van der Waals surface area (Å²) >= 11 is 0. The molecule has 1 heterocycles. The van der Waals surface area contributed by atoms with E-state index < -0.39 is 0 Å². The molecule has 0 saturated carbocycles. The minimum Gasteiger partial charge on any atom is -0.381 e. The number of hydrazine groups is 1. The smallest absolute Gasteiger partial charge is 0.0596 e. The molecule has 0 radical (unpaired) electrons. The molecule has 3 nitrogen and oxygen atoms in total. The highest BCUT2D eigenvalue weighted by Crippen LogP contribution is 2.08. The molecule has 2 N–H and O–H groups in total. The van der Waals surface area contributed by atoms with Crippen LogP contribution in [0.2, 0.25) is 0 Å². The van der Waals surface area contributed by atoms with Gasteiger partial charge in [0, 0.05) is 20.2 Å². The minimum atomic E-state index is 0. The van der Waals surface area contributed by atoms with Crippen LogP contribution in [-0.2, 0) is 4.74 Å². The Labute approximate surface area is 67.9 Å². The van der Waals surface area contributed by atoms with Gasteiger partial charge in [0.2, 0.25) is 0 Å². The second-order valence-corrected chi connectivity index (χ2v) is 2.47. The summed E-state index contributed by atoms with van der Waals surface area (Å²) in [7, 11) is 1.76. The molecule has 0 spiro atoms. The molecule has 1 fully saturated rings. The van der Waals surface area contributed by atoms with Crippen LogP contribution in [0, 0.1) is 0 Å². The van der Waals surface area contributed by atoms with Gasteiger partial charge in [-0.3, -0.25) is 5.84 Å². The number of nitrogens with zero attached hydrogens (tertiary/aromatic N) is 1. The fourth-order valence-corrected chi connectivity index (χ4v) is 1.11. The van der Waals surface area contributed by atoms with Crippen molar-refractivity contribution in [3.8, 4) is 0 Å². The second kappa shape index (κ2) is 4.91. The monoisotopic (exact) mass is 166 g/mol. The first kappa shape index (κ1) is 10.2. The van der Waals surface area contributed by atoms with Gasteiger partial charge in [-0.2, -0.15) is 0 Å². The molecule has 10 heavy (non-hydrogen) atoms. The first-order chi connectivity index (χ1) is 4.33. The van der Waals surface area contributed by atoms with E-state index in [0.717, 1.165) is 25.9 Å². The van der Waals surface area contributed by atoms with Crippen molar-refractivity contribution >= 4 is 12.4 Å². The van der Waals surface area contributed by atoms with Crippen LogP contribution in [0.25, 0.3) is 0 Å². The van der Waals surface area contributed by atoms with Crippen LogP contribution in [0.15, 0.2) is 0 Å². The van der Waals surface area contributed by atoms with Crippen molar-refractivity contribution in [3.05, 3.63) is 0 Å². The Morgan fingerprint density at radius 1 is 1.40 bits per heavy atom. The van der Waals surface area contributed by atoms with Gasteiger partial charge in [-0.15, -0.1) is 12.4 Å². The lowest BCUT2D eigenvalue weighted by molar-refractivity contribution is 0.0411. The summed E-state index contributed by atoms with van der Waals surface area (Å²) in [6.07, 6.45) is 2.60. The number of hydrogen-bond acceptors (Lipinski definition) is 3. The van der Waals surface area contributed by atoms with Gasteiger partial charge in [-0.25, -0.2) is 5.01 Å². The summed E-state index contributed by atoms with van der Waals surface area (Å²) in [5.41, 5.74) is 0. The van der Waals surface area contributed by atoms with Gasteiger partial charge in [0.15, 0.2) is 0 Å². The van der Waals surface area contributed by atoms with Crippen LogP contribution in [0.1, 0.15) is 12.8 Å². The van der Waals surface area contributed by atoms with E-state index >= 15 is 0 Å². The molecule has 0 aromatic carbocycles. The summed E-state index contributed by atoms with van der Waals surface area (Å²) < 4.78 is 5.16. The zero-order valence-electron chi connectivity index (χ0n) is 6.25. The van der Waals surface area contributed by atoms with E-state index in [4.69, 9.17) is 10.6 Å². The standard InChI is InChI=1S/C6H14N2O.ClH/c1-9-6-2-4-8(7)5-3-6;/h6H,2-5,7H2,1H3;1H. The number of piperidine rings is 1. The van der Waals surface area contributed by atoms with Gasteiger partial charge >= 0.3 is 0 Å². The first-order valence-electron chi connectivity index (χ1n) is 3.35. The highest BCUT2D eigenvalue weighted by molar-refractivity contribution is 5.85. The van der Waals surface area contributed by atoms with Crippen LogP contribution in [-0.4, -0.2) is 31.3 Å². The number of ether oxygens (including phenoxy) is 1.